The highest BCUT2D eigenvalue weighted by Gasteiger charge is 2.14. The molecule has 1 rings (SSSR count). The van der Waals surface area contributed by atoms with E-state index in [1.54, 1.807) is 7.05 Å². The number of urea groups is 1. The summed E-state index contributed by atoms with van der Waals surface area (Å²) >= 11 is 0. The first-order valence-electron chi connectivity index (χ1n) is 6.21. The first-order valence-corrected chi connectivity index (χ1v) is 6.21. The van der Waals surface area contributed by atoms with Crippen LogP contribution in [0.2, 0.25) is 0 Å². The minimum Gasteiger partial charge on any atom is -0.481 e. The smallest absolute Gasteiger partial charge is 0.324 e. The lowest BCUT2D eigenvalue weighted by atomic mass is 10.1. The third-order valence-corrected chi connectivity index (χ3v) is 2.83. The summed E-state index contributed by atoms with van der Waals surface area (Å²) < 4.78 is 0. The first kappa shape index (κ1) is 15.7. The topological polar surface area (TPSA) is 86.7 Å². The maximum Gasteiger partial charge on any atom is 0.324 e. The molecule has 1 aromatic rings. The molecule has 0 fully saturated rings. The summed E-state index contributed by atoms with van der Waals surface area (Å²) in [7, 11) is 1.58. The van der Waals surface area contributed by atoms with Crippen LogP contribution >= 0.6 is 0 Å². The molecule has 6 heteroatoms. The molecule has 0 aliphatic rings. The number of benzene rings is 1. The molecule has 0 bridgehead atoms. The van der Waals surface area contributed by atoms with Crippen LogP contribution in [0.3, 0.4) is 0 Å². The largest absolute Gasteiger partial charge is 0.481 e. The standard InChI is InChI=1S/C14H18N2O4/c1-10-5-3-4-6-11(10)9-16(2)14(20)15-12(17)7-8-13(18)19/h3-6H,7-9H2,1-2H3,(H,18,19)(H,15,17,20). The molecule has 3 amide bonds. The van der Waals surface area contributed by atoms with Gasteiger partial charge in [0.2, 0.25) is 5.91 Å². The van der Waals surface area contributed by atoms with Crippen LogP contribution in [0.5, 0.6) is 0 Å². The zero-order chi connectivity index (χ0) is 15.1. The molecular formula is C14H18N2O4. The van der Waals surface area contributed by atoms with Crippen LogP contribution in [0, 0.1) is 6.92 Å². The first-order chi connectivity index (χ1) is 9.40. The molecule has 0 aromatic heterocycles. The molecular weight excluding hydrogens is 260 g/mol. The van der Waals surface area contributed by atoms with Crippen molar-refractivity contribution in [3.05, 3.63) is 35.4 Å². The molecule has 0 atom stereocenters. The zero-order valence-electron chi connectivity index (χ0n) is 11.5. The second kappa shape index (κ2) is 7.28. The van der Waals surface area contributed by atoms with Crippen LogP contribution in [-0.4, -0.2) is 35.0 Å². The summed E-state index contributed by atoms with van der Waals surface area (Å²) in [5, 5.41) is 10.6. The molecule has 0 unspecified atom stereocenters. The Hall–Kier alpha value is -2.37. The Morgan fingerprint density at radius 3 is 2.45 bits per heavy atom. The SMILES string of the molecule is Cc1ccccc1CN(C)C(=O)NC(=O)CCC(=O)O. The van der Waals surface area contributed by atoms with E-state index in [2.05, 4.69) is 5.32 Å². The predicted molar refractivity (Wildman–Crippen MR) is 73.1 cm³/mol. The van der Waals surface area contributed by atoms with Crippen molar-refractivity contribution in [2.45, 2.75) is 26.3 Å². The maximum absolute atomic E-state index is 11.8. The number of amides is 3. The summed E-state index contributed by atoms with van der Waals surface area (Å²) in [6.45, 7) is 2.32. The second-order valence-corrected chi connectivity index (χ2v) is 4.53. The van der Waals surface area contributed by atoms with Crippen LogP contribution in [0.4, 0.5) is 4.79 Å². The van der Waals surface area contributed by atoms with Gasteiger partial charge in [-0.1, -0.05) is 24.3 Å². The Morgan fingerprint density at radius 2 is 1.85 bits per heavy atom. The number of carbonyl (C=O) groups excluding carboxylic acids is 2. The molecule has 6 nitrogen and oxygen atoms in total. The van der Waals surface area contributed by atoms with Gasteiger partial charge < -0.3 is 10.0 Å². The number of rotatable bonds is 5. The van der Waals surface area contributed by atoms with E-state index in [-0.39, 0.29) is 12.8 Å². The molecule has 20 heavy (non-hydrogen) atoms. The number of imide groups is 1. The van der Waals surface area contributed by atoms with E-state index in [0.29, 0.717) is 6.54 Å². The molecule has 0 saturated carbocycles. The second-order valence-electron chi connectivity index (χ2n) is 4.53. The van der Waals surface area contributed by atoms with Gasteiger partial charge in [0.15, 0.2) is 0 Å². The van der Waals surface area contributed by atoms with Crippen molar-refractivity contribution < 1.29 is 19.5 Å². The van der Waals surface area contributed by atoms with Crippen LogP contribution in [0.25, 0.3) is 0 Å². The Labute approximate surface area is 117 Å². The van der Waals surface area contributed by atoms with Crippen LogP contribution in [0.15, 0.2) is 24.3 Å². The van der Waals surface area contributed by atoms with Crippen molar-refractivity contribution in [1.29, 1.82) is 0 Å². The predicted octanol–water partition coefficient (Wildman–Crippen LogP) is 1.53. The molecule has 0 heterocycles. The number of carboxylic acid groups (broad SMARTS) is 1. The number of hydrogen-bond acceptors (Lipinski definition) is 3. The highest BCUT2D eigenvalue weighted by atomic mass is 16.4. The highest BCUT2D eigenvalue weighted by molar-refractivity contribution is 5.95. The summed E-state index contributed by atoms with van der Waals surface area (Å²) in [4.78, 5) is 34.8. The number of nitrogens with one attached hydrogen (secondary N) is 1. The summed E-state index contributed by atoms with van der Waals surface area (Å²) in [5.74, 6) is -1.66. The van der Waals surface area contributed by atoms with Crippen molar-refractivity contribution in [3.63, 3.8) is 0 Å². The van der Waals surface area contributed by atoms with E-state index in [0.717, 1.165) is 11.1 Å². The summed E-state index contributed by atoms with van der Waals surface area (Å²) in [6, 6.07) is 7.11. The van der Waals surface area contributed by atoms with Crippen LogP contribution in [0.1, 0.15) is 24.0 Å². The number of aryl methyl sites for hydroxylation is 1. The average Bonchev–Trinajstić information content (AvgIpc) is 2.39. The number of carbonyl (C=O) groups is 3. The average molecular weight is 278 g/mol. The van der Waals surface area contributed by atoms with Gasteiger partial charge in [-0.25, -0.2) is 4.79 Å². The molecule has 0 aliphatic carbocycles. The van der Waals surface area contributed by atoms with Crippen LogP contribution < -0.4 is 5.32 Å². The van der Waals surface area contributed by atoms with Gasteiger partial charge in [-0.3, -0.25) is 14.9 Å². The number of nitrogens with zero attached hydrogens (tertiary/aromatic N) is 1. The Kier molecular flexibility index (Phi) is 5.71. The van der Waals surface area contributed by atoms with E-state index < -0.39 is 17.9 Å². The van der Waals surface area contributed by atoms with Crippen molar-refractivity contribution in [1.82, 2.24) is 10.2 Å². The van der Waals surface area contributed by atoms with Gasteiger partial charge in [-0.2, -0.15) is 0 Å². The van der Waals surface area contributed by atoms with E-state index in [1.807, 2.05) is 31.2 Å². The molecule has 0 spiro atoms. The van der Waals surface area contributed by atoms with Gasteiger partial charge in [0.1, 0.15) is 0 Å². The lowest BCUT2D eigenvalue weighted by Gasteiger charge is -2.18. The highest BCUT2D eigenvalue weighted by Crippen LogP contribution is 2.09. The Bertz CT molecular complexity index is 514. The van der Waals surface area contributed by atoms with Gasteiger partial charge in [-0.05, 0) is 18.1 Å². The van der Waals surface area contributed by atoms with Crippen molar-refractivity contribution in [3.8, 4) is 0 Å². The fourth-order valence-electron chi connectivity index (χ4n) is 1.61. The third kappa shape index (κ3) is 5.09. The fourth-order valence-corrected chi connectivity index (χ4v) is 1.61. The van der Waals surface area contributed by atoms with Gasteiger partial charge in [0.05, 0.1) is 6.42 Å². The number of hydrogen-bond donors (Lipinski definition) is 2. The molecule has 0 saturated heterocycles. The summed E-state index contributed by atoms with van der Waals surface area (Å²) in [6.07, 6.45) is -0.500. The van der Waals surface area contributed by atoms with E-state index >= 15 is 0 Å². The monoisotopic (exact) mass is 278 g/mol. The lowest BCUT2D eigenvalue weighted by molar-refractivity contribution is -0.138. The molecule has 2 N–H and O–H groups in total. The summed E-state index contributed by atoms with van der Waals surface area (Å²) in [5.41, 5.74) is 2.05. The molecule has 0 radical (unpaired) electrons. The van der Waals surface area contributed by atoms with E-state index in [4.69, 9.17) is 5.11 Å². The van der Waals surface area contributed by atoms with Crippen molar-refractivity contribution in [2.75, 3.05) is 7.05 Å². The minimum absolute atomic E-state index is 0.209. The van der Waals surface area contributed by atoms with Gasteiger partial charge in [-0.15, -0.1) is 0 Å². The van der Waals surface area contributed by atoms with E-state index in [1.165, 1.54) is 4.90 Å². The quantitative estimate of drug-likeness (QED) is 0.855. The Morgan fingerprint density at radius 1 is 1.20 bits per heavy atom. The van der Waals surface area contributed by atoms with E-state index in [9.17, 15) is 14.4 Å². The lowest BCUT2D eigenvalue weighted by Crippen LogP contribution is -2.40. The fraction of sp³-hybridized carbons (Fsp3) is 0.357. The van der Waals surface area contributed by atoms with Gasteiger partial charge >= 0.3 is 12.0 Å². The third-order valence-electron chi connectivity index (χ3n) is 2.83. The van der Waals surface area contributed by atoms with Crippen LogP contribution in [-0.2, 0) is 16.1 Å². The molecule has 1 aromatic carbocycles. The van der Waals surface area contributed by atoms with Gasteiger partial charge in [0.25, 0.3) is 0 Å². The van der Waals surface area contributed by atoms with Crippen molar-refractivity contribution >= 4 is 17.9 Å². The van der Waals surface area contributed by atoms with Crippen molar-refractivity contribution in [2.24, 2.45) is 0 Å². The minimum atomic E-state index is -1.07. The Balaban J connectivity index is 2.49. The maximum atomic E-state index is 11.8. The number of carboxylic acids is 1. The zero-order valence-corrected chi connectivity index (χ0v) is 11.5. The van der Waals surface area contributed by atoms with Gasteiger partial charge in [0, 0.05) is 20.0 Å². The number of aliphatic carboxylic acids is 1. The molecule has 0 aliphatic heterocycles. The molecule has 108 valence electrons. The normalized spacial score (nSPS) is 9.90.